The molecule has 0 unspecified atom stereocenters. The lowest BCUT2D eigenvalue weighted by Crippen LogP contribution is -2.09. The van der Waals surface area contributed by atoms with E-state index in [2.05, 4.69) is 0 Å². The molecule has 0 radical (unpaired) electrons. The first-order valence-electron chi connectivity index (χ1n) is 5.59. The molecule has 0 heterocycles. The summed E-state index contributed by atoms with van der Waals surface area (Å²) >= 11 is 0. The van der Waals surface area contributed by atoms with Crippen LogP contribution in [-0.2, 0) is 12.7 Å². The lowest BCUT2D eigenvalue weighted by molar-refractivity contribution is -0.137. The van der Waals surface area contributed by atoms with Gasteiger partial charge in [0, 0.05) is 12.1 Å². The van der Waals surface area contributed by atoms with Crippen LogP contribution >= 0.6 is 0 Å². The number of hydrogen-bond donors (Lipinski definition) is 1. The first kappa shape index (κ1) is 13.5. The van der Waals surface area contributed by atoms with Crippen molar-refractivity contribution in [3.8, 4) is 11.1 Å². The van der Waals surface area contributed by atoms with E-state index in [1.54, 1.807) is 0 Å². The van der Waals surface area contributed by atoms with Gasteiger partial charge >= 0.3 is 6.18 Å². The molecule has 1 nitrogen and oxygen atoms in total. The quantitative estimate of drug-likeness (QED) is 0.820. The fourth-order valence-corrected chi connectivity index (χ4v) is 1.98. The lowest BCUT2D eigenvalue weighted by Gasteiger charge is -2.15. The van der Waals surface area contributed by atoms with Crippen molar-refractivity contribution in [2.24, 2.45) is 5.73 Å². The summed E-state index contributed by atoms with van der Waals surface area (Å²) in [5.41, 5.74) is 4.83. The van der Waals surface area contributed by atoms with Gasteiger partial charge in [0.15, 0.2) is 0 Å². The third-order valence-corrected chi connectivity index (χ3v) is 2.85. The van der Waals surface area contributed by atoms with Gasteiger partial charge < -0.3 is 5.73 Å². The van der Waals surface area contributed by atoms with Crippen LogP contribution in [-0.4, -0.2) is 0 Å². The fraction of sp³-hybridized carbons (Fsp3) is 0.143. The Kier molecular flexibility index (Phi) is 3.57. The van der Waals surface area contributed by atoms with Crippen LogP contribution in [0.3, 0.4) is 0 Å². The molecule has 2 aromatic rings. The van der Waals surface area contributed by atoms with Gasteiger partial charge in [0.1, 0.15) is 5.82 Å². The third kappa shape index (κ3) is 2.61. The molecule has 2 rings (SSSR count). The summed E-state index contributed by atoms with van der Waals surface area (Å²) in [6.07, 6.45) is -4.49. The van der Waals surface area contributed by atoms with E-state index in [4.69, 9.17) is 5.73 Å². The highest BCUT2D eigenvalue weighted by atomic mass is 19.4. The molecule has 0 saturated carbocycles. The summed E-state index contributed by atoms with van der Waals surface area (Å²) in [4.78, 5) is 0. The zero-order valence-corrected chi connectivity index (χ0v) is 9.84. The summed E-state index contributed by atoms with van der Waals surface area (Å²) in [5.74, 6) is -0.600. The summed E-state index contributed by atoms with van der Waals surface area (Å²) in [7, 11) is 0. The Labute approximate surface area is 107 Å². The highest BCUT2D eigenvalue weighted by Gasteiger charge is 2.33. The first-order chi connectivity index (χ1) is 8.95. The van der Waals surface area contributed by atoms with Gasteiger partial charge in [-0.05, 0) is 23.3 Å². The topological polar surface area (TPSA) is 26.0 Å². The van der Waals surface area contributed by atoms with E-state index in [1.807, 2.05) is 0 Å². The van der Waals surface area contributed by atoms with Gasteiger partial charge in [0.2, 0.25) is 0 Å². The van der Waals surface area contributed by atoms with E-state index in [1.165, 1.54) is 36.4 Å². The van der Waals surface area contributed by atoms with Crippen LogP contribution < -0.4 is 5.73 Å². The maximum Gasteiger partial charge on any atom is 0.417 e. The van der Waals surface area contributed by atoms with E-state index in [9.17, 15) is 17.6 Å². The Morgan fingerprint density at radius 3 is 2.16 bits per heavy atom. The molecule has 0 fully saturated rings. The Hall–Kier alpha value is -1.88. The van der Waals surface area contributed by atoms with Gasteiger partial charge in [-0.25, -0.2) is 4.39 Å². The monoisotopic (exact) mass is 269 g/mol. The molecule has 0 aliphatic carbocycles. The summed E-state index contributed by atoms with van der Waals surface area (Å²) in [6, 6.07) is 9.07. The molecule has 0 aliphatic rings. The number of rotatable bonds is 2. The molecular formula is C14H11F4N. The minimum absolute atomic E-state index is 0.0602. The van der Waals surface area contributed by atoms with Gasteiger partial charge in [-0.1, -0.05) is 30.3 Å². The molecule has 0 bridgehead atoms. The summed E-state index contributed by atoms with van der Waals surface area (Å²) in [5, 5.41) is 0. The molecule has 2 aromatic carbocycles. The average molecular weight is 269 g/mol. The lowest BCUT2D eigenvalue weighted by atomic mass is 9.95. The van der Waals surface area contributed by atoms with Gasteiger partial charge in [-0.3, -0.25) is 0 Å². The molecule has 0 spiro atoms. The Morgan fingerprint density at radius 1 is 0.895 bits per heavy atom. The first-order valence-corrected chi connectivity index (χ1v) is 5.59. The van der Waals surface area contributed by atoms with Crippen LogP contribution in [0.15, 0.2) is 42.5 Å². The normalized spacial score (nSPS) is 11.6. The number of benzene rings is 2. The van der Waals surface area contributed by atoms with Crippen molar-refractivity contribution in [3.05, 3.63) is 59.4 Å². The van der Waals surface area contributed by atoms with Gasteiger partial charge in [-0.15, -0.1) is 0 Å². The van der Waals surface area contributed by atoms with Crippen molar-refractivity contribution in [3.63, 3.8) is 0 Å². The molecule has 0 saturated heterocycles. The van der Waals surface area contributed by atoms with E-state index in [0.29, 0.717) is 0 Å². The van der Waals surface area contributed by atoms with E-state index in [0.717, 1.165) is 6.07 Å². The van der Waals surface area contributed by atoms with Crippen LogP contribution in [0.4, 0.5) is 17.6 Å². The minimum Gasteiger partial charge on any atom is -0.326 e. The zero-order chi connectivity index (χ0) is 14.0. The number of halogens is 4. The Balaban J connectivity index is 2.70. The largest absolute Gasteiger partial charge is 0.417 e. The summed E-state index contributed by atoms with van der Waals surface area (Å²) < 4.78 is 52.4. The molecule has 2 N–H and O–H groups in total. The molecule has 5 heteroatoms. The highest BCUT2D eigenvalue weighted by molar-refractivity contribution is 5.71. The molecule has 0 aliphatic heterocycles. The summed E-state index contributed by atoms with van der Waals surface area (Å²) in [6.45, 7) is -0.159. The third-order valence-electron chi connectivity index (χ3n) is 2.85. The number of nitrogens with two attached hydrogens (primary N) is 1. The SMILES string of the molecule is NCc1c(F)cccc1-c1ccccc1C(F)(F)F. The molecule has 100 valence electrons. The molecule has 0 atom stereocenters. The van der Waals surface area contributed by atoms with Gasteiger partial charge in [-0.2, -0.15) is 13.2 Å². The Bertz CT molecular complexity index is 590. The second-order valence-electron chi connectivity index (χ2n) is 4.01. The predicted octanol–water partition coefficient (Wildman–Crippen LogP) is 3.97. The van der Waals surface area contributed by atoms with Crippen molar-refractivity contribution in [1.82, 2.24) is 0 Å². The average Bonchev–Trinajstić information content (AvgIpc) is 2.37. The molecule has 19 heavy (non-hydrogen) atoms. The number of alkyl halides is 3. The predicted molar refractivity (Wildman–Crippen MR) is 64.7 cm³/mol. The maximum atomic E-state index is 13.6. The van der Waals surface area contributed by atoms with Crippen LogP contribution in [0.25, 0.3) is 11.1 Å². The van der Waals surface area contributed by atoms with Crippen LogP contribution in [0.2, 0.25) is 0 Å². The maximum absolute atomic E-state index is 13.6. The van der Waals surface area contributed by atoms with Crippen LogP contribution in [0.1, 0.15) is 11.1 Å². The van der Waals surface area contributed by atoms with Crippen molar-refractivity contribution >= 4 is 0 Å². The fourth-order valence-electron chi connectivity index (χ4n) is 1.98. The van der Waals surface area contributed by atoms with E-state index in [-0.39, 0.29) is 23.2 Å². The van der Waals surface area contributed by atoms with Gasteiger partial charge in [0.05, 0.1) is 5.56 Å². The van der Waals surface area contributed by atoms with Crippen molar-refractivity contribution in [2.45, 2.75) is 12.7 Å². The molecule has 0 amide bonds. The second kappa shape index (κ2) is 5.01. The van der Waals surface area contributed by atoms with E-state index >= 15 is 0 Å². The highest BCUT2D eigenvalue weighted by Crippen LogP contribution is 2.38. The minimum atomic E-state index is -4.49. The number of hydrogen-bond acceptors (Lipinski definition) is 1. The van der Waals surface area contributed by atoms with Crippen molar-refractivity contribution < 1.29 is 17.6 Å². The standard InChI is InChI=1S/C14H11F4N/c15-13-7-3-5-9(11(13)8-19)10-4-1-2-6-12(10)14(16,17)18/h1-7H,8,19H2. The zero-order valence-electron chi connectivity index (χ0n) is 9.84. The van der Waals surface area contributed by atoms with E-state index < -0.39 is 17.6 Å². The second-order valence-corrected chi connectivity index (χ2v) is 4.01. The van der Waals surface area contributed by atoms with Gasteiger partial charge in [0.25, 0.3) is 0 Å². The molecular weight excluding hydrogens is 258 g/mol. The van der Waals surface area contributed by atoms with Crippen molar-refractivity contribution in [2.75, 3.05) is 0 Å². The molecule has 0 aromatic heterocycles. The smallest absolute Gasteiger partial charge is 0.326 e. The Morgan fingerprint density at radius 2 is 1.53 bits per heavy atom. The van der Waals surface area contributed by atoms with Crippen molar-refractivity contribution in [1.29, 1.82) is 0 Å². The van der Waals surface area contributed by atoms with Crippen LogP contribution in [0, 0.1) is 5.82 Å². The van der Waals surface area contributed by atoms with Crippen LogP contribution in [0.5, 0.6) is 0 Å².